The molecule has 22 heavy (non-hydrogen) atoms. The van der Waals surface area contributed by atoms with Crippen LogP contribution in [0.2, 0.25) is 10.0 Å². The van der Waals surface area contributed by atoms with E-state index in [0.717, 1.165) is 30.6 Å². The summed E-state index contributed by atoms with van der Waals surface area (Å²) in [7, 11) is 2.24. The zero-order chi connectivity index (χ0) is 15.7. The van der Waals surface area contributed by atoms with Gasteiger partial charge in [0.1, 0.15) is 0 Å². The van der Waals surface area contributed by atoms with Crippen molar-refractivity contribution in [3.8, 4) is 0 Å². The maximum Gasteiger partial charge on any atom is 0.0931 e. The van der Waals surface area contributed by atoms with E-state index in [2.05, 4.69) is 16.8 Å². The molecule has 2 aliphatic heterocycles. The number of nitrogens with zero attached hydrogens (tertiary/aromatic N) is 2. The molecule has 0 amide bonds. The summed E-state index contributed by atoms with van der Waals surface area (Å²) >= 11 is 12.1. The summed E-state index contributed by atoms with van der Waals surface area (Å²) in [6.45, 7) is 4.00. The second-order valence-corrected chi connectivity index (χ2v) is 7.52. The van der Waals surface area contributed by atoms with Crippen molar-refractivity contribution in [2.45, 2.75) is 31.4 Å². The lowest BCUT2D eigenvalue weighted by Crippen LogP contribution is -2.53. The van der Waals surface area contributed by atoms with Gasteiger partial charge >= 0.3 is 0 Å². The SMILES string of the molecule is CN1CCCC2CN(CC(O)c3ccc(Cl)cc3Cl)CCC21. The van der Waals surface area contributed by atoms with E-state index in [-0.39, 0.29) is 0 Å². The monoisotopic (exact) mass is 342 g/mol. The fourth-order valence-corrected chi connectivity index (χ4v) is 4.54. The molecule has 0 bridgehead atoms. The molecule has 0 saturated carbocycles. The lowest BCUT2D eigenvalue weighted by Gasteiger charge is -2.46. The maximum atomic E-state index is 10.5. The van der Waals surface area contributed by atoms with Crippen LogP contribution in [0.4, 0.5) is 0 Å². The van der Waals surface area contributed by atoms with Crippen molar-refractivity contribution in [1.29, 1.82) is 0 Å². The van der Waals surface area contributed by atoms with Crippen LogP contribution in [0.25, 0.3) is 0 Å². The molecule has 0 radical (unpaired) electrons. The van der Waals surface area contributed by atoms with Gasteiger partial charge in [-0.25, -0.2) is 0 Å². The zero-order valence-electron chi connectivity index (χ0n) is 13.0. The van der Waals surface area contributed by atoms with Crippen LogP contribution >= 0.6 is 23.2 Å². The third-order valence-corrected chi connectivity index (χ3v) is 5.74. The molecule has 3 rings (SSSR count). The van der Waals surface area contributed by atoms with Gasteiger partial charge in [0.2, 0.25) is 0 Å². The van der Waals surface area contributed by atoms with E-state index in [1.165, 1.54) is 25.8 Å². The normalized spacial score (nSPS) is 28.4. The first-order chi connectivity index (χ1) is 10.5. The predicted molar refractivity (Wildman–Crippen MR) is 91.6 cm³/mol. The fraction of sp³-hybridized carbons (Fsp3) is 0.647. The molecule has 1 N–H and O–H groups in total. The topological polar surface area (TPSA) is 26.7 Å². The number of benzene rings is 1. The summed E-state index contributed by atoms with van der Waals surface area (Å²) in [5, 5.41) is 11.7. The Kier molecular flexibility index (Phi) is 5.31. The third-order valence-electron chi connectivity index (χ3n) is 5.18. The summed E-state index contributed by atoms with van der Waals surface area (Å²) in [5.74, 6) is 0.736. The summed E-state index contributed by atoms with van der Waals surface area (Å²) in [6, 6.07) is 6.04. The Morgan fingerprint density at radius 2 is 2.09 bits per heavy atom. The van der Waals surface area contributed by atoms with Gasteiger partial charge in [-0.1, -0.05) is 29.3 Å². The maximum absolute atomic E-state index is 10.5. The minimum absolute atomic E-state index is 0.548. The van der Waals surface area contributed by atoms with Crippen molar-refractivity contribution >= 4 is 23.2 Å². The molecule has 2 fully saturated rings. The first-order valence-electron chi connectivity index (χ1n) is 8.10. The van der Waals surface area contributed by atoms with E-state index in [9.17, 15) is 5.11 Å². The smallest absolute Gasteiger partial charge is 0.0931 e. The number of fused-ring (bicyclic) bond motifs is 1. The standard InChI is InChI=1S/C17H24Cl2N2O/c1-20-7-2-3-12-10-21(8-6-16(12)20)11-17(22)14-5-4-13(18)9-15(14)19/h4-5,9,12,16-17,22H,2-3,6-8,10-11H2,1H3. The van der Waals surface area contributed by atoms with Crippen LogP contribution in [-0.2, 0) is 0 Å². The van der Waals surface area contributed by atoms with Crippen molar-refractivity contribution in [3.63, 3.8) is 0 Å². The molecule has 3 atom stereocenters. The van der Waals surface area contributed by atoms with Crippen LogP contribution in [0.5, 0.6) is 0 Å². The third kappa shape index (κ3) is 3.60. The van der Waals surface area contributed by atoms with Crippen LogP contribution in [-0.4, -0.2) is 54.2 Å². The summed E-state index contributed by atoms with van der Waals surface area (Å²) < 4.78 is 0. The number of halogens is 2. The van der Waals surface area contributed by atoms with E-state index in [4.69, 9.17) is 23.2 Å². The van der Waals surface area contributed by atoms with Crippen molar-refractivity contribution in [2.24, 2.45) is 5.92 Å². The van der Waals surface area contributed by atoms with Crippen LogP contribution in [0, 0.1) is 5.92 Å². The Morgan fingerprint density at radius 3 is 2.86 bits per heavy atom. The van der Waals surface area contributed by atoms with Crippen LogP contribution < -0.4 is 0 Å². The van der Waals surface area contributed by atoms with Gasteiger partial charge < -0.3 is 14.9 Å². The van der Waals surface area contributed by atoms with Gasteiger partial charge in [0, 0.05) is 34.7 Å². The van der Waals surface area contributed by atoms with E-state index in [1.54, 1.807) is 12.1 Å². The van der Waals surface area contributed by atoms with Crippen LogP contribution in [0.3, 0.4) is 0 Å². The fourth-order valence-electron chi connectivity index (χ4n) is 4.01. The quantitative estimate of drug-likeness (QED) is 0.911. The molecular formula is C17H24Cl2N2O. The molecule has 2 heterocycles. The highest BCUT2D eigenvalue weighted by Crippen LogP contribution is 2.32. The molecule has 0 aliphatic carbocycles. The van der Waals surface area contributed by atoms with Gasteiger partial charge in [0.15, 0.2) is 0 Å². The van der Waals surface area contributed by atoms with Crippen LogP contribution in [0.15, 0.2) is 18.2 Å². The molecule has 5 heteroatoms. The highest BCUT2D eigenvalue weighted by molar-refractivity contribution is 6.35. The Hall–Kier alpha value is -0.320. The molecule has 1 aromatic carbocycles. The number of aliphatic hydroxyl groups is 1. The molecule has 122 valence electrons. The van der Waals surface area contributed by atoms with Gasteiger partial charge in [-0.15, -0.1) is 0 Å². The number of piperidine rings is 2. The number of rotatable bonds is 3. The number of hydrogen-bond acceptors (Lipinski definition) is 3. The van der Waals surface area contributed by atoms with E-state index in [0.29, 0.717) is 16.6 Å². The lowest BCUT2D eigenvalue weighted by atomic mass is 9.84. The highest BCUT2D eigenvalue weighted by Gasteiger charge is 2.34. The molecule has 1 aromatic rings. The molecule has 3 nitrogen and oxygen atoms in total. The van der Waals surface area contributed by atoms with Crippen molar-refractivity contribution in [1.82, 2.24) is 9.80 Å². The van der Waals surface area contributed by atoms with Gasteiger partial charge in [-0.05, 0) is 57.5 Å². The molecule has 2 saturated heterocycles. The average Bonchev–Trinajstić information content (AvgIpc) is 2.47. The van der Waals surface area contributed by atoms with Gasteiger partial charge in [-0.3, -0.25) is 0 Å². The zero-order valence-corrected chi connectivity index (χ0v) is 14.5. The number of hydrogen-bond donors (Lipinski definition) is 1. The van der Waals surface area contributed by atoms with Gasteiger partial charge in [0.05, 0.1) is 6.10 Å². The summed E-state index contributed by atoms with van der Waals surface area (Å²) in [4.78, 5) is 4.90. The number of likely N-dealkylation sites (tertiary alicyclic amines) is 2. The average molecular weight is 343 g/mol. The van der Waals surface area contributed by atoms with E-state index < -0.39 is 6.10 Å². The molecule has 0 spiro atoms. The van der Waals surface area contributed by atoms with Gasteiger partial charge in [0.25, 0.3) is 0 Å². The molecule has 0 aromatic heterocycles. The second kappa shape index (κ2) is 7.06. The largest absolute Gasteiger partial charge is 0.387 e. The van der Waals surface area contributed by atoms with E-state index in [1.807, 2.05) is 6.07 Å². The molecule has 3 unspecified atom stereocenters. The Balaban J connectivity index is 1.61. The summed E-state index contributed by atoms with van der Waals surface area (Å²) in [6.07, 6.45) is 3.24. The Labute approximate surface area is 142 Å². The highest BCUT2D eigenvalue weighted by atomic mass is 35.5. The first-order valence-corrected chi connectivity index (χ1v) is 8.86. The minimum Gasteiger partial charge on any atom is -0.387 e. The Bertz CT molecular complexity index is 525. The Morgan fingerprint density at radius 1 is 1.27 bits per heavy atom. The van der Waals surface area contributed by atoms with Crippen LogP contribution in [0.1, 0.15) is 30.9 Å². The minimum atomic E-state index is -0.553. The first kappa shape index (κ1) is 16.5. The summed E-state index contributed by atoms with van der Waals surface area (Å²) in [5.41, 5.74) is 0.772. The number of β-amino-alcohol motifs (C(OH)–C–C–N with tert-alkyl or cyclic N) is 1. The van der Waals surface area contributed by atoms with Crippen molar-refractivity contribution in [2.75, 3.05) is 33.2 Å². The molecule has 2 aliphatic rings. The predicted octanol–water partition coefficient (Wildman–Crippen LogP) is 3.44. The lowest BCUT2D eigenvalue weighted by molar-refractivity contribution is 0.0174. The van der Waals surface area contributed by atoms with Crippen molar-refractivity contribution < 1.29 is 5.11 Å². The number of aliphatic hydroxyl groups excluding tert-OH is 1. The van der Waals surface area contributed by atoms with Crippen molar-refractivity contribution in [3.05, 3.63) is 33.8 Å². The van der Waals surface area contributed by atoms with E-state index >= 15 is 0 Å². The second-order valence-electron chi connectivity index (χ2n) is 6.68. The molecular weight excluding hydrogens is 319 g/mol. The van der Waals surface area contributed by atoms with Gasteiger partial charge in [-0.2, -0.15) is 0 Å².